The Morgan fingerprint density at radius 1 is 1.36 bits per heavy atom. The van der Waals surface area contributed by atoms with E-state index in [1.165, 1.54) is 6.07 Å². The van der Waals surface area contributed by atoms with E-state index in [0.29, 0.717) is 18.0 Å². The Morgan fingerprint density at radius 3 is 2.64 bits per heavy atom. The average molecular weight is 349 g/mol. The summed E-state index contributed by atoms with van der Waals surface area (Å²) in [6.45, 7) is 3.92. The van der Waals surface area contributed by atoms with E-state index in [9.17, 15) is 19.7 Å². The molecule has 2 N–H and O–H groups in total. The molecule has 8 heteroatoms. The van der Waals surface area contributed by atoms with E-state index in [0.717, 1.165) is 25.9 Å². The van der Waals surface area contributed by atoms with Crippen LogP contribution in [0.2, 0.25) is 0 Å². The number of amides is 1. The highest BCUT2D eigenvalue weighted by Gasteiger charge is 2.24. The van der Waals surface area contributed by atoms with Gasteiger partial charge < -0.3 is 15.3 Å². The van der Waals surface area contributed by atoms with Crippen LogP contribution in [0.3, 0.4) is 0 Å². The van der Waals surface area contributed by atoms with Gasteiger partial charge in [0, 0.05) is 37.7 Å². The minimum Gasteiger partial charge on any atom is -0.481 e. The van der Waals surface area contributed by atoms with Gasteiger partial charge in [0.25, 0.3) is 11.6 Å². The van der Waals surface area contributed by atoms with Gasteiger partial charge in [0.05, 0.1) is 4.92 Å². The predicted octanol–water partition coefficient (Wildman–Crippen LogP) is 2.43. The van der Waals surface area contributed by atoms with Crippen molar-refractivity contribution in [3.63, 3.8) is 0 Å². The SMILES string of the molecule is CC1CCN(c2ccc(C(=O)NCCCC(=O)O)cc2[N+](=O)[O-])CC1. The van der Waals surface area contributed by atoms with Crippen LogP contribution in [-0.2, 0) is 4.79 Å². The molecule has 1 aliphatic heterocycles. The third-order valence-corrected chi connectivity index (χ3v) is 4.41. The number of carboxylic acids is 1. The maximum atomic E-state index is 12.1. The number of anilines is 1. The first kappa shape index (κ1) is 18.7. The van der Waals surface area contributed by atoms with Gasteiger partial charge in [-0.15, -0.1) is 0 Å². The molecule has 0 bridgehead atoms. The van der Waals surface area contributed by atoms with Crippen molar-refractivity contribution in [3.8, 4) is 0 Å². The summed E-state index contributed by atoms with van der Waals surface area (Å²) >= 11 is 0. The number of hydrogen-bond acceptors (Lipinski definition) is 5. The molecule has 1 amide bonds. The summed E-state index contributed by atoms with van der Waals surface area (Å²) < 4.78 is 0. The highest BCUT2D eigenvalue weighted by atomic mass is 16.6. The Morgan fingerprint density at radius 2 is 2.04 bits per heavy atom. The van der Waals surface area contributed by atoms with E-state index < -0.39 is 16.8 Å². The largest absolute Gasteiger partial charge is 0.481 e. The molecule has 2 rings (SSSR count). The number of nitro groups is 1. The van der Waals surface area contributed by atoms with Crippen molar-refractivity contribution in [3.05, 3.63) is 33.9 Å². The lowest BCUT2D eigenvalue weighted by Gasteiger charge is -2.31. The standard InChI is InChI=1S/C17H23N3O5/c1-12-6-9-19(10-7-12)14-5-4-13(11-15(14)20(24)25)17(23)18-8-2-3-16(21)22/h4-5,11-12H,2-3,6-10H2,1H3,(H,18,23)(H,21,22). The number of hydrogen-bond donors (Lipinski definition) is 2. The van der Waals surface area contributed by atoms with Gasteiger partial charge in [-0.1, -0.05) is 6.92 Å². The van der Waals surface area contributed by atoms with E-state index in [4.69, 9.17) is 5.11 Å². The molecular weight excluding hydrogens is 326 g/mol. The van der Waals surface area contributed by atoms with E-state index >= 15 is 0 Å². The van der Waals surface area contributed by atoms with Crippen molar-refractivity contribution in [2.45, 2.75) is 32.6 Å². The molecule has 0 aliphatic carbocycles. The van der Waals surface area contributed by atoms with E-state index in [1.54, 1.807) is 12.1 Å². The minimum absolute atomic E-state index is 0.0350. The third-order valence-electron chi connectivity index (χ3n) is 4.41. The number of aliphatic carboxylic acids is 1. The van der Waals surface area contributed by atoms with Crippen LogP contribution >= 0.6 is 0 Å². The van der Waals surface area contributed by atoms with Crippen molar-refractivity contribution in [1.29, 1.82) is 0 Å². The Balaban J connectivity index is 2.08. The fourth-order valence-corrected chi connectivity index (χ4v) is 2.87. The molecule has 136 valence electrons. The quantitative estimate of drug-likeness (QED) is 0.444. The number of benzene rings is 1. The molecule has 0 aromatic heterocycles. The molecule has 0 saturated carbocycles. The van der Waals surface area contributed by atoms with Crippen LogP contribution in [0.1, 0.15) is 43.0 Å². The van der Waals surface area contributed by atoms with Gasteiger partial charge in [-0.25, -0.2) is 0 Å². The van der Waals surface area contributed by atoms with Crippen molar-refractivity contribution in [1.82, 2.24) is 5.32 Å². The van der Waals surface area contributed by atoms with Crippen LogP contribution in [0.15, 0.2) is 18.2 Å². The van der Waals surface area contributed by atoms with Crippen LogP contribution in [0, 0.1) is 16.0 Å². The first-order valence-electron chi connectivity index (χ1n) is 8.42. The van der Waals surface area contributed by atoms with Gasteiger partial charge in [-0.2, -0.15) is 0 Å². The highest BCUT2D eigenvalue weighted by Crippen LogP contribution is 2.32. The number of nitrogens with zero attached hydrogens (tertiary/aromatic N) is 2. The summed E-state index contributed by atoms with van der Waals surface area (Å²) in [5.41, 5.74) is 0.670. The molecule has 1 aromatic rings. The lowest BCUT2D eigenvalue weighted by Crippen LogP contribution is -2.33. The van der Waals surface area contributed by atoms with Gasteiger partial charge in [0.1, 0.15) is 5.69 Å². The fourth-order valence-electron chi connectivity index (χ4n) is 2.87. The molecule has 1 aromatic carbocycles. The average Bonchev–Trinajstić information content (AvgIpc) is 2.58. The van der Waals surface area contributed by atoms with Crippen LogP contribution in [-0.4, -0.2) is 41.5 Å². The number of rotatable bonds is 7. The summed E-state index contributed by atoms with van der Waals surface area (Å²) in [7, 11) is 0. The van der Waals surface area contributed by atoms with Gasteiger partial charge in [-0.05, 0) is 37.3 Å². The number of carbonyl (C=O) groups excluding carboxylic acids is 1. The second kappa shape index (κ2) is 8.46. The smallest absolute Gasteiger partial charge is 0.303 e. The number of nitro benzene ring substituents is 1. The molecule has 8 nitrogen and oxygen atoms in total. The minimum atomic E-state index is -0.926. The molecular formula is C17H23N3O5. The van der Waals surface area contributed by atoms with Crippen molar-refractivity contribution in [2.75, 3.05) is 24.5 Å². The zero-order valence-corrected chi connectivity index (χ0v) is 14.2. The first-order chi connectivity index (χ1) is 11.9. The normalized spacial score (nSPS) is 15.0. The lowest BCUT2D eigenvalue weighted by atomic mass is 9.98. The van der Waals surface area contributed by atoms with Gasteiger partial charge in [0.15, 0.2) is 0 Å². The van der Waals surface area contributed by atoms with Crippen molar-refractivity contribution in [2.24, 2.45) is 5.92 Å². The first-order valence-corrected chi connectivity index (χ1v) is 8.42. The van der Waals surface area contributed by atoms with Gasteiger partial charge in [-0.3, -0.25) is 19.7 Å². The zero-order chi connectivity index (χ0) is 18.4. The Hall–Kier alpha value is -2.64. The van der Waals surface area contributed by atoms with E-state index in [1.807, 2.05) is 4.90 Å². The molecule has 1 fully saturated rings. The van der Waals surface area contributed by atoms with Crippen LogP contribution in [0.25, 0.3) is 0 Å². The van der Waals surface area contributed by atoms with E-state index in [-0.39, 0.29) is 24.2 Å². The monoisotopic (exact) mass is 349 g/mol. The maximum absolute atomic E-state index is 12.1. The molecule has 0 radical (unpaired) electrons. The second-order valence-electron chi connectivity index (χ2n) is 6.38. The topological polar surface area (TPSA) is 113 Å². The highest BCUT2D eigenvalue weighted by molar-refractivity contribution is 5.95. The van der Waals surface area contributed by atoms with Crippen LogP contribution in [0.4, 0.5) is 11.4 Å². The third kappa shape index (κ3) is 5.17. The Kier molecular flexibility index (Phi) is 6.32. The molecule has 0 atom stereocenters. The van der Waals surface area contributed by atoms with Gasteiger partial charge >= 0.3 is 5.97 Å². The Bertz CT molecular complexity index is 654. The summed E-state index contributed by atoms with van der Waals surface area (Å²) in [4.78, 5) is 35.5. The summed E-state index contributed by atoms with van der Waals surface area (Å²) in [5, 5.41) is 22.6. The summed E-state index contributed by atoms with van der Waals surface area (Å²) in [6, 6.07) is 4.49. The summed E-state index contributed by atoms with van der Waals surface area (Å²) in [6.07, 6.45) is 2.26. The van der Waals surface area contributed by atoms with Crippen molar-refractivity contribution < 1.29 is 19.6 Å². The molecule has 0 unspecified atom stereocenters. The molecule has 1 heterocycles. The molecule has 0 spiro atoms. The number of carbonyl (C=O) groups is 2. The van der Waals surface area contributed by atoms with Crippen LogP contribution < -0.4 is 10.2 Å². The predicted molar refractivity (Wildman–Crippen MR) is 92.9 cm³/mol. The number of piperidine rings is 1. The lowest BCUT2D eigenvalue weighted by molar-refractivity contribution is -0.384. The number of carboxylic acid groups (broad SMARTS) is 1. The molecule has 1 aliphatic rings. The fraction of sp³-hybridized carbons (Fsp3) is 0.529. The Labute approximate surface area is 146 Å². The number of nitrogens with one attached hydrogen (secondary N) is 1. The second-order valence-corrected chi connectivity index (χ2v) is 6.38. The maximum Gasteiger partial charge on any atom is 0.303 e. The molecule has 1 saturated heterocycles. The zero-order valence-electron chi connectivity index (χ0n) is 14.2. The molecule has 25 heavy (non-hydrogen) atoms. The van der Waals surface area contributed by atoms with Crippen molar-refractivity contribution >= 4 is 23.3 Å². The van der Waals surface area contributed by atoms with Gasteiger partial charge in [0.2, 0.25) is 0 Å². The van der Waals surface area contributed by atoms with Crippen LogP contribution in [0.5, 0.6) is 0 Å². The van der Waals surface area contributed by atoms with E-state index in [2.05, 4.69) is 12.2 Å². The summed E-state index contributed by atoms with van der Waals surface area (Å²) in [5.74, 6) is -0.747.